The Morgan fingerprint density at radius 1 is 1.21 bits per heavy atom. The van der Waals surface area contributed by atoms with Gasteiger partial charge < -0.3 is 5.32 Å². The van der Waals surface area contributed by atoms with E-state index in [2.05, 4.69) is 18.3 Å². The Bertz CT molecular complexity index is 560. The second-order valence-corrected chi connectivity index (χ2v) is 5.74. The van der Waals surface area contributed by atoms with Gasteiger partial charge in [0.1, 0.15) is 5.82 Å². The van der Waals surface area contributed by atoms with Crippen molar-refractivity contribution >= 4 is 29.1 Å². The van der Waals surface area contributed by atoms with Crippen molar-refractivity contribution in [3.05, 3.63) is 58.9 Å². The second-order valence-electron chi connectivity index (χ2n) is 4.03. The molecule has 4 heteroatoms. The maximum absolute atomic E-state index is 13.1. The quantitative estimate of drug-likeness (QED) is 0.761. The normalized spacial score (nSPS) is 10.5. The molecule has 1 nitrogen and oxygen atoms in total. The number of benzene rings is 2. The Labute approximate surface area is 122 Å². The molecule has 0 fully saturated rings. The summed E-state index contributed by atoms with van der Waals surface area (Å²) in [5.41, 5.74) is 2.05. The van der Waals surface area contributed by atoms with Crippen molar-refractivity contribution in [3.63, 3.8) is 0 Å². The SMILES string of the molecule is CCSc1ccccc1NCc1ccc(F)c(Cl)c1. The van der Waals surface area contributed by atoms with E-state index in [1.165, 1.54) is 11.0 Å². The first-order valence-electron chi connectivity index (χ1n) is 6.10. The van der Waals surface area contributed by atoms with Gasteiger partial charge in [0.25, 0.3) is 0 Å². The number of hydrogen-bond donors (Lipinski definition) is 1. The maximum atomic E-state index is 13.1. The molecular formula is C15H15ClFNS. The number of halogens is 2. The van der Waals surface area contributed by atoms with Crippen molar-refractivity contribution in [1.29, 1.82) is 0 Å². The lowest BCUT2D eigenvalue weighted by Crippen LogP contribution is -2.00. The lowest BCUT2D eigenvalue weighted by Gasteiger charge is -2.11. The summed E-state index contributed by atoms with van der Waals surface area (Å²) < 4.78 is 13.1. The summed E-state index contributed by atoms with van der Waals surface area (Å²) in [6.45, 7) is 2.75. The molecule has 0 saturated heterocycles. The van der Waals surface area contributed by atoms with Crippen LogP contribution in [0.2, 0.25) is 5.02 Å². The number of nitrogens with one attached hydrogen (secondary N) is 1. The molecule has 0 heterocycles. The average Bonchev–Trinajstić information content (AvgIpc) is 2.42. The van der Waals surface area contributed by atoms with Crippen molar-refractivity contribution in [3.8, 4) is 0 Å². The third-order valence-electron chi connectivity index (χ3n) is 2.65. The van der Waals surface area contributed by atoms with Gasteiger partial charge in [-0.25, -0.2) is 4.39 Å². The van der Waals surface area contributed by atoms with Crippen LogP contribution in [0.4, 0.5) is 10.1 Å². The van der Waals surface area contributed by atoms with E-state index < -0.39 is 0 Å². The Kier molecular flexibility index (Phi) is 5.11. The van der Waals surface area contributed by atoms with Crippen molar-refractivity contribution in [2.75, 3.05) is 11.1 Å². The Balaban J connectivity index is 2.07. The topological polar surface area (TPSA) is 12.0 Å². The summed E-state index contributed by atoms with van der Waals surface area (Å²) in [5, 5.41) is 3.52. The summed E-state index contributed by atoms with van der Waals surface area (Å²) in [7, 11) is 0. The number of thioether (sulfide) groups is 1. The van der Waals surface area contributed by atoms with E-state index in [-0.39, 0.29) is 10.8 Å². The molecule has 0 saturated carbocycles. The number of para-hydroxylation sites is 1. The minimum atomic E-state index is -0.382. The van der Waals surface area contributed by atoms with Crippen LogP contribution in [0.25, 0.3) is 0 Å². The first kappa shape index (κ1) is 14.2. The molecule has 2 aromatic carbocycles. The standard InChI is InChI=1S/C15H15ClFNS/c1-2-19-15-6-4-3-5-14(15)18-10-11-7-8-13(17)12(16)9-11/h3-9,18H,2,10H2,1H3. The van der Waals surface area contributed by atoms with Crippen LogP contribution in [-0.4, -0.2) is 5.75 Å². The van der Waals surface area contributed by atoms with E-state index in [0.717, 1.165) is 17.0 Å². The highest BCUT2D eigenvalue weighted by atomic mass is 35.5. The molecule has 19 heavy (non-hydrogen) atoms. The second kappa shape index (κ2) is 6.83. The number of anilines is 1. The minimum absolute atomic E-state index is 0.163. The third kappa shape index (κ3) is 3.88. The van der Waals surface area contributed by atoms with Crippen LogP contribution in [0, 0.1) is 5.82 Å². The minimum Gasteiger partial charge on any atom is -0.380 e. The molecule has 2 rings (SSSR count). The molecule has 0 aliphatic carbocycles. The molecule has 0 radical (unpaired) electrons. The predicted octanol–water partition coefficient (Wildman–Crippen LogP) is 5.20. The smallest absolute Gasteiger partial charge is 0.141 e. The summed E-state index contributed by atoms with van der Waals surface area (Å²) in [6, 6.07) is 12.9. The van der Waals surface area contributed by atoms with Gasteiger partial charge in [0, 0.05) is 17.1 Å². The molecule has 0 aromatic heterocycles. The van der Waals surface area contributed by atoms with E-state index in [1.54, 1.807) is 23.9 Å². The van der Waals surface area contributed by atoms with Crippen LogP contribution in [0.15, 0.2) is 47.4 Å². The zero-order chi connectivity index (χ0) is 13.7. The molecule has 0 bridgehead atoms. The van der Waals surface area contributed by atoms with E-state index >= 15 is 0 Å². The predicted molar refractivity (Wildman–Crippen MR) is 81.6 cm³/mol. The zero-order valence-corrected chi connectivity index (χ0v) is 12.2. The highest BCUT2D eigenvalue weighted by Gasteiger charge is 2.03. The van der Waals surface area contributed by atoms with Crippen LogP contribution in [0.1, 0.15) is 12.5 Å². The Morgan fingerprint density at radius 2 is 2.00 bits per heavy atom. The first-order chi connectivity index (χ1) is 9.20. The highest BCUT2D eigenvalue weighted by molar-refractivity contribution is 7.99. The van der Waals surface area contributed by atoms with E-state index in [9.17, 15) is 4.39 Å². The fourth-order valence-corrected chi connectivity index (χ4v) is 2.73. The van der Waals surface area contributed by atoms with Gasteiger partial charge in [-0.3, -0.25) is 0 Å². The van der Waals surface area contributed by atoms with Gasteiger partial charge in [0.05, 0.1) is 5.02 Å². The Morgan fingerprint density at radius 3 is 2.74 bits per heavy atom. The summed E-state index contributed by atoms with van der Waals surface area (Å²) in [4.78, 5) is 1.22. The summed E-state index contributed by atoms with van der Waals surface area (Å²) >= 11 is 7.56. The fourth-order valence-electron chi connectivity index (χ4n) is 1.74. The van der Waals surface area contributed by atoms with Gasteiger partial charge in [0.15, 0.2) is 0 Å². The first-order valence-corrected chi connectivity index (χ1v) is 7.46. The highest BCUT2D eigenvalue weighted by Crippen LogP contribution is 2.27. The van der Waals surface area contributed by atoms with Gasteiger partial charge in [-0.1, -0.05) is 36.7 Å². The largest absolute Gasteiger partial charge is 0.380 e. The lowest BCUT2D eigenvalue weighted by molar-refractivity contribution is 0.627. The summed E-state index contributed by atoms with van der Waals surface area (Å²) in [5.74, 6) is 0.647. The summed E-state index contributed by atoms with van der Waals surface area (Å²) in [6.07, 6.45) is 0. The molecule has 0 atom stereocenters. The number of rotatable bonds is 5. The van der Waals surface area contributed by atoms with Crippen LogP contribution >= 0.6 is 23.4 Å². The van der Waals surface area contributed by atoms with Gasteiger partial charge in [0.2, 0.25) is 0 Å². The monoisotopic (exact) mass is 295 g/mol. The van der Waals surface area contributed by atoms with Crippen molar-refractivity contribution in [2.45, 2.75) is 18.4 Å². The van der Waals surface area contributed by atoms with Crippen LogP contribution in [-0.2, 0) is 6.54 Å². The number of hydrogen-bond acceptors (Lipinski definition) is 2. The molecule has 0 aliphatic rings. The molecule has 0 amide bonds. The van der Waals surface area contributed by atoms with Crippen molar-refractivity contribution < 1.29 is 4.39 Å². The van der Waals surface area contributed by atoms with Gasteiger partial charge in [-0.05, 0) is 35.6 Å². The van der Waals surface area contributed by atoms with Crippen LogP contribution in [0.5, 0.6) is 0 Å². The van der Waals surface area contributed by atoms with Crippen molar-refractivity contribution in [1.82, 2.24) is 0 Å². The molecule has 2 aromatic rings. The average molecular weight is 296 g/mol. The molecule has 100 valence electrons. The zero-order valence-electron chi connectivity index (χ0n) is 10.6. The molecule has 0 aliphatic heterocycles. The Hall–Kier alpha value is -1.19. The van der Waals surface area contributed by atoms with Crippen molar-refractivity contribution in [2.24, 2.45) is 0 Å². The molecule has 1 N–H and O–H groups in total. The lowest BCUT2D eigenvalue weighted by atomic mass is 10.2. The maximum Gasteiger partial charge on any atom is 0.141 e. The molecular weight excluding hydrogens is 281 g/mol. The van der Waals surface area contributed by atoms with E-state index in [1.807, 2.05) is 18.2 Å². The van der Waals surface area contributed by atoms with Gasteiger partial charge >= 0.3 is 0 Å². The molecule has 0 unspecified atom stereocenters. The third-order valence-corrected chi connectivity index (χ3v) is 3.90. The van der Waals surface area contributed by atoms with Crippen LogP contribution in [0.3, 0.4) is 0 Å². The van der Waals surface area contributed by atoms with Crippen LogP contribution < -0.4 is 5.32 Å². The molecule has 0 spiro atoms. The van der Waals surface area contributed by atoms with E-state index in [4.69, 9.17) is 11.6 Å². The van der Waals surface area contributed by atoms with Gasteiger partial charge in [-0.2, -0.15) is 0 Å². The fraction of sp³-hybridized carbons (Fsp3) is 0.200. The van der Waals surface area contributed by atoms with Gasteiger partial charge in [-0.15, -0.1) is 11.8 Å². The van der Waals surface area contributed by atoms with E-state index in [0.29, 0.717) is 6.54 Å².